The summed E-state index contributed by atoms with van der Waals surface area (Å²) in [5.74, 6) is -3.37. The summed E-state index contributed by atoms with van der Waals surface area (Å²) < 4.78 is 0. The highest BCUT2D eigenvalue weighted by Gasteiger charge is 2.30. The number of hydrogen-bond donors (Lipinski definition) is 6. The van der Waals surface area contributed by atoms with E-state index < -0.39 is 47.5 Å². The van der Waals surface area contributed by atoms with Crippen LogP contribution >= 0.6 is 11.8 Å². The van der Waals surface area contributed by atoms with Crippen LogP contribution in [0.1, 0.15) is 32.1 Å². The number of likely N-dealkylation sites (N-methyl/N-ethyl adjacent to an activating group) is 1. The molecule has 12 heteroatoms. The SMILES string of the molecule is CN[C@@H](CC(N)=O)C(=O)N[C@@H](CCSC)C(=O)N[C@@H](CCCCN)C(=O)C(N)=O. The number of thioether (sulfide) groups is 1. The second kappa shape index (κ2) is 14.8. The first-order chi connectivity index (χ1) is 13.7. The molecule has 0 aliphatic carbocycles. The molecule has 0 fully saturated rings. The van der Waals surface area contributed by atoms with Crippen LogP contribution in [0.3, 0.4) is 0 Å². The smallest absolute Gasteiger partial charge is 0.287 e. The van der Waals surface area contributed by atoms with Gasteiger partial charge in [0.1, 0.15) is 6.04 Å². The van der Waals surface area contributed by atoms with Crippen LogP contribution in [0.15, 0.2) is 0 Å². The van der Waals surface area contributed by atoms with Crippen LogP contribution in [0.25, 0.3) is 0 Å². The van der Waals surface area contributed by atoms with Gasteiger partial charge in [0.25, 0.3) is 5.91 Å². The van der Waals surface area contributed by atoms with E-state index in [2.05, 4.69) is 16.0 Å². The summed E-state index contributed by atoms with van der Waals surface area (Å²) in [4.78, 5) is 59.5. The first-order valence-corrected chi connectivity index (χ1v) is 10.7. The van der Waals surface area contributed by atoms with Gasteiger partial charge in [-0.25, -0.2) is 0 Å². The summed E-state index contributed by atoms with van der Waals surface area (Å²) in [6, 6.07) is -2.95. The van der Waals surface area contributed by atoms with E-state index in [1.54, 1.807) is 0 Å². The van der Waals surface area contributed by atoms with Crippen molar-refractivity contribution >= 4 is 41.2 Å². The topological polar surface area (TPSA) is 200 Å². The van der Waals surface area contributed by atoms with E-state index >= 15 is 0 Å². The summed E-state index contributed by atoms with van der Waals surface area (Å²) in [5.41, 5.74) is 15.6. The Hall–Kier alpha value is -2.18. The molecule has 0 rings (SSSR count). The van der Waals surface area contributed by atoms with E-state index in [0.29, 0.717) is 25.1 Å². The maximum atomic E-state index is 12.7. The number of Topliss-reactive ketones (excluding diaryl/α,β-unsaturated/α-hetero) is 1. The highest BCUT2D eigenvalue weighted by Crippen LogP contribution is 2.06. The lowest BCUT2D eigenvalue weighted by atomic mass is 10.0. The molecule has 0 bridgehead atoms. The Morgan fingerprint density at radius 3 is 1.97 bits per heavy atom. The fourth-order valence-corrected chi connectivity index (χ4v) is 2.98. The Kier molecular flexibility index (Phi) is 13.7. The van der Waals surface area contributed by atoms with Crippen LogP contribution in [0.4, 0.5) is 0 Å². The van der Waals surface area contributed by atoms with E-state index in [4.69, 9.17) is 17.2 Å². The van der Waals surface area contributed by atoms with Crippen molar-refractivity contribution in [1.82, 2.24) is 16.0 Å². The molecule has 0 saturated heterocycles. The van der Waals surface area contributed by atoms with Crippen molar-refractivity contribution in [1.29, 1.82) is 0 Å². The first kappa shape index (κ1) is 26.8. The molecule has 0 aliphatic rings. The molecule has 0 saturated carbocycles. The molecule has 9 N–H and O–H groups in total. The molecule has 0 heterocycles. The summed E-state index contributed by atoms with van der Waals surface area (Å²) in [6.45, 7) is 0.406. The van der Waals surface area contributed by atoms with Crippen molar-refractivity contribution < 1.29 is 24.0 Å². The van der Waals surface area contributed by atoms with Gasteiger partial charge in [0.15, 0.2) is 0 Å². The van der Waals surface area contributed by atoms with Crippen LogP contribution in [-0.4, -0.2) is 73.1 Å². The molecule has 11 nitrogen and oxygen atoms in total. The Labute approximate surface area is 174 Å². The van der Waals surface area contributed by atoms with Crippen molar-refractivity contribution in [2.24, 2.45) is 17.2 Å². The third-order valence-electron chi connectivity index (χ3n) is 4.14. The zero-order valence-corrected chi connectivity index (χ0v) is 17.7. The number of ketones is 1. The maximum absolute atomic E-state index is 12.7. The Morgan fingerprint density at radius 1 is 0.897 bits per heavy atom. The average molecular weight is 433 g/mol. The van der Waals surface area contributed by atoms with Gasteiger partial charge in [0.05, 0.1) is 18.5 Å². The highest BCUT2D eigenvalue weighted by atomic mass is 32.2. The molecule has 0 aromatic carbocycles. The van der Waals surface area contributed by atoms with Crippen LogP contribution in [0.2, 0.25) is 0 Å². The van der Waals surface area contributed by atoms with Crippen LogP contribution < -0.4 is 33.2 Å². The number of carbonyl (C=O) groups is 5. The van der Waals surface area contributed by atoms with E-state index in [-0.39, 0.29) is 19.3 Å². The van der Waals surface area contributed by atoms with Crippen LogP contribution in [0.5, 0.6) is 0 Å². The molecular weight excluding hydrogens is 400 g/mol. The van der Waals surface area contributed by atoms with Crippen molar-refractivity contribution in [2.45, 2.75) is 50.2 Å². The largest absolute Gasteiger partial charge is 0.370 e. The predicted molar refractivity (Wildman–Crippen MR) is 111 cm³/mol. The predicted octanol–water partition coefficient (Wildman–Crippen LogP) is -2.64. The van der Waals surface area contributed by atoms with Gasteiger partial charge in [0.2, 0.25) is 23.5 Å². The monoisotopic (exact) mass is 432 g/mol. The average Bonchev–Trinajstić information content (AvgIpc) is 2.67. The minimum absolute atomic E-state index is 0.203. The summed E-state index contributed by atoms with van der Waals surface area (Å²) in [5, 5.41) is 7.73. The first-order valence-electron chi connectivity index (χ1n) is 9.26. The van der Waals surface area contributed by atoms with Gasteiger partial charge in [-0.1, -0.05) is 0 Å². The molecule has 0 spiro atoms. The quantitative estimate of drug-likeness (QED) is 0.112. The second-order valence-electron chi connectivity index (χ2n) is 6.43. The zero-order valence-electron chi connectivity index (χ0n) is 16.9. The van der Waals surface area contributed by atoms with Crippen LogP contribution in [0, 0.1) is 0 Å². The van der Waals surface area contributed by atoms with E-state index in [9.17, 15) is 24.0 Å². The number of hydrogen-bond acceptors (Lipinski definition) is 8. The number of unbranched alkanes of at least 4 members (excludes halogenated alkanes) is 1. The number of nitrogens with two attached hydrogens (primary N) is 3. The summed E-state index contributed by atoms with van der Waals surface area (Å²) >= 11 is 1.47. The van der Waals surface area contributed by atoms with Crippen molar-refractivity contribution in [3.05, 3.63) is 0 Å². The van der Waals surface area contributed by atoms with Gasteiger partial charge >= 0.3 is 0 Å². The second-order valence-corrected chi connectivity index (χ2v) is 7.41. The molecule has 29 heavy (non-hydrogen) atoms. The third kappa shape index (κ3) is 10.8. The van der Waals surface area contributed by atoms with Crippen molar-refractivity contribution in [3.8, 4) is 0 Å². The standard InChI is InChI=1S/C17H32N6O5S/c1-21-12(9-13(19)24)17(28)23-11(6-8-29-2)16(27)22-10(5-3-4-7-18)14(25)15(20)26/h10-12,21H,3-9,18H2,1-2H3,(H2,19,24)(H2,20,26)(H,22,27)(H,23,28)/t10-,11-,12-/m0/s1. The lowest BCUT2D eigenvalue weighted by Gasteiger charge is -2.24. The van der Waals surface area contributed by atoms with Crippen LogP contribution in [-0.2, 0) is 24.0 Å². The van der Waals surface area contributed by atoms with Gasteiger partial charge in [0, 0.05) is 0 Å². The summed E-state index contributed by atoms with van der Waals surface area (Å²) in [6.07, 6.45) is 3.22. The number of nitrogens with one attached hydrogen (secondary N) is 3. The zero-order chi connectivity index (χ0) is 22.4. The Bertz CT molecular complexity index is 589. The number of primary amides is 2. The maximum Gasteiger partial charge on any atom is 0.287 e. The van der Waals surface area contributed by atoms with E-state index in [1.807, 2.05) is 6.26 Å². The Morgan fingerprint density at radius 2 is 1.48 bits per heavy atom. The Balaban J connectivity index is 5.26. The summed E-state index contributed by atoms with van der Waals surface area (Å²) in [7, 11) is 1.49. The molecule has 0 unspecified atom stereocenters. The van der Waals surface area contributed by atoms with Crippen molar-refractivity contribution in [2.75, 3.05) is 25.6 Å². The van der Waals surface area contributed by atoms with Gasteiger partial charge < -0.3 is 33.2 Å². The third-order valence-corrected chi connectivity index (χ3v) is 4.78. The molecule has 4 amide bonds. The molecule has 166 valence electrons. The van der Waals surface area contributed by atoms with E-state index in [0.717, 1.165) is 0 Å². The molecule has 3 atom stereocenters. The molecule has 0 aromatic heterocycles. The fraction of sp³-hybridized carbons (Fsp3) is 0.706. The number of rotatable bonds is 16. The van der Waals surface area contributed by atoms with Gasteiger partial charge in [-0.05, 0) is 51.3 Å². The lowest BCUT2D eigenvalue weighted by molar-refractivity contribution is -0.139. The minimum atomic E-state index is -1.15. The molecular formula is C17H32N6O5S. The van der Waals surface area contributed by atoms with Gasteiger partial charge in [-0.3, -0.25) is 24.0 Å². The normalized spacial score (nSPS) is 13.8. The fourth-order valence-electron chi connectivity index (χ4n) is 2.51. The molecule has 0 aliphatic heterocycles. The molecule has 0 aromatic rings. The van der Waals surface area contributed by atoms with Crippen molar-refractivity contribution in [3.63, 3.8) is 0 Å². The number of carbonyl (C=O) groups excluding carboxylic acids is 5. The van der Waals surface area contributed by atoms with E-state index in [1.165, 1.54) is 18.8 Å². The minimum Gasteiger partial charge on any atom is -0.370 e. The highest BCUT2D eigenvalue weighted by molar-refractivity contribution is 7.98. The van der Waals surface area contributed by atoms with Gasteiger partial charge in [-0.15, -0.1) is 0 Å². The van der Waals surface area contributed by atoms with Gasteiger partial charge in [-0.2, -0.15) is 11.8 Å². The molecule has 0 radical (unpaired) electrons. The lowest BCUT2D eigenvalue weighted by Crippen LogP contribution is -2.56. The number of amides is 4.